The van der Waals surface area contributed by atoms with Gasteiger partial charge >= 0.3 is 0 Å². The van der Waals surface area contributed by atoms with Crippen LogP contribution in [0, 0.1) is 22.2 Å². The van der Waals surface area contributed by atoms with Crippen molar-refractivity contribution >= 4 is 5.78 Å². The fourth-order valence-corrected chi connectivity index (χ4v) is 6.80. The Labute approximate surface area is 272 Å². The van der Waals surface area contributed by atoms with Crippen molar-refractivity contribution in [2.75, 3.05) is 0 Å². The van der Waals surface area contributed by atoms with E-state index in [9.17, 15) is 25.2 Å². The van der Waals surface area contributed by atoms with Crippen LogP contribution in [-0.4, -0.2) is 44.0 Å². The van der Waals surface area contributed by atoms with Crippen molar-refractivity contribution in [3.8, 4) is 0 Å². The van der Waals surface area contributed by atoms with Crippen LogP contribution >= 0.6 is 0 Å². The van der Waals surface area contributed by atoms with Crippen LogP contribution in [0.15, 0.2) is 107 Å². The summed E-state index contributed by atoms with van der Waals surface area (Å²) in [6, 6.07) is 0. The third kappa shape index (κ3) is 10.8. The van der Waals surface area contributed by atoms with Gasteiger partial charge in [-0.2, -0.15) is 0 Å². The van der Waals surface area contributed by atoms with Crippen molar-refractivity contribution in [1.82, 2.24) is 0 Å². The minimum absolute atomic E-state index is 0.0343. The van der Waals surface area contributed by atoms with Gasteiger partial charge in [-0.05, 0) is 70.3 Å². The molecule has 2 fully saturated rings. The van der Waals surface area contributed by atoms with Crippen LogP contribution in [0.5, 0.6) is 0 Å². The highest BCUT2D eigenvalue weighted by atomic mass is 16.3. The molecule has 0 aromatic carbocycles. The lowest BCUT2D eigenvalue weighted by Gasteiger charge is -2.48. The number of carbonyl (C=O) groups excluding carboxylic acids is 1. The van der Waals surface area contributed by atoms with E-state index in [0.717, 1.165) is 16.7 Å². The summed E-state index contributed by atoms with van der Waals surface area (Å²) in [6.07, 6.45) is 26.2. The van der Waals surface area contributed by atoms with Gasteiger partial charge in [0.25, 0.3) is 0 Å². The Morgan fingerprint density at radius 3 is 1.67 bits per heavy atom. The summed E-state index contributed by atoms with van der Waals surface area (Å²) in [7, 11) is 0. The monoisotopic (exact) mass is 618 g/mol. The number of hydrogen-bond donors (Lipinski definition) is 4. The van der Waals surface area contributed by atoms with Gasteiger partial charge in [-0.15, -0.1) is 0 Å². The summed E-state index contributed by atoms with van der Waals surface area (Å²) >= 11 is 0. The molecule has 0 spiro atoms. The zero-order valence-corrected chi connectivity index (χ0v) is 29.3. The Balaban J connectivity index is 1.93. The lowest BCUT2D eigenvalue weighted by atomic mass is 9.61. The van der Waals surface area contributed by atoms with Crippen molar-refractivity contribution in [1.29, 1.82) is 0 Å². The van der Waals surface area contributed by atoms with E-state index in [1.165, 1.54) is 6.08 Å². The highest BCUT2D eigenvalue weighted by Gasteiger charge is 2.53. The number of rotatable bonds is 11. The van der Waals surface area contributed by atoms with Crippen LogP contribution in [0.1, 0.15) is 94.9 Å². The number of allylic oxidation sites excluding steroid dienone is 16. The predicted octanol–water partition coefficient (Wildman–Crippen LogP) is 8.74. The van der Waals surface area contributed by atoms with E-state index in [4.69, 9.17) is 0 Å². The largest absolute Gasteiger partial charge is 0.508 e. The van der Waals surface area contributed by atoms with E-state index in [2.05, 4.69) is 26.0 Å². The lowest BCUT2D eigenvalue weighted by Crippen LogP contribution is -2.50. The molecule has 0 aromatic heterocycles. The van der Waals surface area contributed by atoms with E-state index < -0.39 is 23.2 Å². The molecule has 0 aromatic rings. The molecule has 2 aliphatic carbocycles. The Hall–Kier alpha value is -2.99. The maximum absolute atomic E-state index is 13.0. The number of aliphatic hydroxyl groups excluding tert-OH is 3. The molecule has 2 saturated carbocycles. The van der Waals surface area contributed by atoms with Gasteiger partial charge < -0.3 is 20.4 Å². The number of carbonyl (C=O) groups is 1. The summed E-state index contributed by atoms with van der Waals surface area (Å²) in [5, 5.41) is 41.7. The van der Waals surface area contributed by atoms with Crippen LogP contribution in [0.3, 0.4) is 0 Å². The third-order valence-corrected chi connectivity index (χ3v) is 9.83. The Morgan fingerprint density at radius 1 is 0.667 bits per heavy atom. The summed E-state index contributed by atoms with van der Waals surface area (Å²) in [5.41, 5.74) is 1.65. The average Bonchev–Trinajstić information content (AvgIpc) is 3.11. The fraction of sp³-hybridized carbons (Fsp3) is 0.525. The Morgan fingerprint density at radius 2 is 1.16 bits per heavy atom. The maximum atomic E-state index is 13.0. The first kappa shape index (κ1) is 38.2. The van der Waals surface area contributed by atoms with Gasteiger partial charge in [0, 0.05) is 23.8 Å². The van der Waals surface area contributed by atoms with Crippen molar-refractivity contribution in [3.05, 3.63) is 107 Å². The molecule has 2 aliphatic rings. The maximum Gasteiger partial charge on any atom is 0.165 e. The lowest BCUT2D eigenvalue weighted by molar-refractivity contribution is -0.127. The molecule has 0 amide bonds. The molecular weight excluding hydrogens is 560 g/mol. The third-order valence-electron chi connectivity index (χ3n) is 9.83. The van der Waals surface area contributed by atoms with Crippen molar-refractivity contribution < 1.29 is 25.2 Å². The van der Waals surface area contributed by atoms with E-state index in [1.807, 2.05) is 103 Å². The van der Waals surface area contributed by atoms with Crippen LogP contribution < -0.4 is 0 Å². The molecular formula is C40H58O5. The molecule has 248 valence electrons. The van der Waals surface area contributed by atoms with Gasteiger partial charge in [-0.1, -0.05) is 124 Å². The van der Waals surface area contributed by atoms with Crippen molar-refractivity contribution in [2.24, 2.45) is 22.2 Å². The van der Waals surface area contributed by atoms with E-state index >= 15 is 0 Å². The molecule has 0 radical (unpaired) electrons. The molecule has 0 aliphatic heterocycles. The van der Waals surface area contributed by atoms with Crippen LogP contribution in [0.4, 0.5) is 0 Å². The van der Waals surface area contributed by atoms with Gasteiger partial charge in [-0.25, -0.2) is 0 Å². The Bertz CT molecular complexity index is 1320. The molecule has 5 atom stereocenters. The molecule has 45 heavy (non-hydrogen) atoms. The van der Waals surface area contributed by atoms with E-state index in [1.54, 1.807) is 13.0 Å². The molecule has 0 bridgehead atoms. The van der Waals surface area contributed by atoms with Crippen LogP contribution in [0.2, 0.25) is 0 Å². The van der Waals surface area contributed by atoms with Gasteiger partial charge in [0.15, 0.2) is 5.78 Å². The van der Waals surface area contributed by atoms with Gasteiger partial charge in [0.2, 0.25) is 0 Å². The van der Waals surface area contributed by atoms with Gasteiger partial charge in [-0.3, -0.25) is 4.79 Å². The molecule has 5 heteroatoms. The molecule has 5 nitrogen and oxygen atoms in total. The summed E-state index contributed by atoms with van der Waals surface area (Å²) in [4.78, 5) is 13.0. The molecule has 0 saturated heterocycles. The first-order valence-electron chi connectivity index (χ1n) is 16.1. The number of aliphatic hydroxyl groups is 4. The second-order valence-electron chi connectivity index (χ2n) is 15.1. The highest BCUT2D eigenvalue weighted by Crippen LogP contribution is 2.53. The zero-order chi connectivity index (χ0) is 34.2. The predicted molar refractivity (Wildman–Crippen MR) is 188 cm³/mol. The van der Waals surface area contributed by atoms with Gasteiger partial charge in [0.1, 0.15) is 5.76 Å². The normalized spacial score (nSPS) is 32.1. The zero-order valence-electron chi connectivity index (χ0n) is 29.3. The summed E-state index contributed by atoms with van der Waals surface area (Å²) in [5.74, 6) is -0.244. The van der Waals surface area contributed by atoms with Gasteiger partial charge in [0.05, 0.1) is 17.8 Å². The van der Waals surface area contributed by atoms with E-state index in [-0.39, 0.29) is 28.3 Å². The van der Waals surface area contributed by atoms with Crippen molar-refractivity contribution in [2.45, 2.75) is 113 Å². The number of ketones is 1. The average molecular weight is 619 g/mol. The van der Waals surface area contributed by atoms with Crippen LogP contribution in [-0.2, 0) is 4.79 Å². The van der Waals surface area contributed by atoms with E-state index in [0.29, 0.717) is 31.3 Å². The topological polar surface area (TPSA) is 98.0 Å². The standard InChI is InChI=1S/C40H58O5/c1-28(17-13-18-30(3)21-22-35-37(5,6)24-32(41)27-40(35,10)45)15-11-12-16-29(2)19-14-20-31(4)34(43)23-36(44)39(9)26-33(42)25-38(39,7)8/h11-23,32-33,35,41-43,45H,24-27H2,1-10H3. The Kier molecular flexibility index (Phi) is 13.2. The molecule has 4 N–H and O–H groups in total. The fourth-order valence-electron chi connectivity index (χ4n) is 6.80. The summed E-state index contributed by atoms with van der Waals surface area (Å²) < 4.78 is 0. The smallest absolute Gasteiger partial charge is 0.165 e. The second kappa shape index (κ2) is 15.5. The first-order chi connectivity index (χ1) is 20.7. The molecule has 2 rings (SSSR count). The number of hydrogen-bond acceptors (Lipinski definition) is 5. The summed E-state index contributed by atoms with van der Waals surface area (Å²) in [6.45, 7) is 19.7. The quantitative estimate of drug-likeness (QED) is 0.105. The molecule has 5 unspecified atom stereocenters. The second-order valence-corrected chi connectivity index (χ2v) is 15.1. The molecule has 0 heterocycles. The SMILES string of the molecule is CC(C=CC=C(C)C=CC1C(C)(C)CC(O)CC1(C)O)=CC=CC=C(C)C=CC=C(C)C(O)=CC(=O)C1(C)CC(O)CC1(C)C. The minimum Gasteiger partial charge on any atom is -0.508 e. The van der Waals surface area contributed by atoms with Crippen LogP contribution in [0.25, 0.3) is 0 Å². The van der Waals surface area contributed by atoms with Crippen molar-refractivity contribution in [3.63, 3.8) is 0 Å². The minimum atomic E-state index is -0.933. The first-order valence-corrected chi connectivity index (χ1v) is 16.1. The highest BCUT2D eigenvalue weighted by molar-refractivity contribution is 5.96.